The summed E-state index contributed by atoms with van der Waals surface area (Å²) in [5, 5.41) is 6.24. The Labute approximate surface area is 156 Å². The Kier molecular flexibility index (Phi) is 7.06. The van der Waals surface area contributed by atoms with Crippen molar-refractivity contribution in [3.63, 3.8) is 0 Å². The minimum atomic E-state index is -0.000102. The highest BCUT2D eigenvalue weighted by Gasteiger charge is 2.22. The molecule has 0 radical (unpaired) electrons. The van der Waals surface area contributed by atoms with Gasteiger partial charge in [-0.05, 0) is 56.8 Å². The molecule has 1 heterocycles. The SMILES string of the molecule is O=C(CN1CCC(CNC(=O)c2ccccc2)CC1)NC1CCCCC1. The maximum atomic E-state index is 12.2. The second-order valence-electron chi connectivity index (χ2n) is 7.70. The number of benzene rings is 1. The van der Waals surface area contributed by atoms with E-state index < -0.39 is 0 Å². The van der Waals surface area contributed by atoms with E-state index in [1.807, 2.05) is 30.3 Å². The van der Waals surface area contributed by atoms with Crippen molar-refractivity contribution in [1.29, 1.82) is 0 Å². The molecule has 0 unspecified atom stereocenters. The molecular weight excluding hydrogens is 326 g/mol. The molecule has 2 N–H and O–H groups in total. The third kappa shape index (κ3) is 5.84. The molecule has 2 amide bonds. The minimum Gasteiger partial charge on any atom is -0.352 e. The van der Waals surface area contributed by atoms with Gasteiger partial charge in [-0.2, -0.15) is 0 Å². The predicted molar refractivity (Wildman–Crippen MR) is 103 cm³/mol. The van der Waals surface area contributed by atoms with Crippen LogP contribution in [0.3, 0.4) is 0 Å². The Bertz CT molecular complexity index is 576. The van der Waals surface area contributed by atoms with Crippen molar-refractivity contribution in [2.75, 3.05) is 26.2 Å². The summed E-state index contributed by atoms with van der Waals surface area (Å²) in [4.78, 5) is 26.6. The van der Waals surface area contributed by atoms with Crippen LogP contribution in [0.2, 0.25) is 0 Å². The van der Waals surface area contributed by atoms with E-state index in [2.05, 4.69) is 15.5 Å². The number of carbonyl (C=O) groups is 2. The number of amides is 2. The molecule has 2 aliphatic rings. The highest BCUT2D eigenvalue weighted by Crippen LogP contribution is 2.18. The van der Waals surface area contributed by atoms with Gasteiger partial charge in [-0.25, -0.2) is 0 Å². The van der Waals surface area contributed by atoms with E-state index >= 15 is 0 Å². The second-order valence-corrected chi connectivity index (χ2v) is 7.70. The fourth-order valence-corrected chi connectivity index (χ4v) is 4.00. The van der Waals surface area contributed by atoms with Crippen molar-refractivity contribution in [2.45, 2.75) is 51.0 Å². The molecule has 0 spiro atoms. The number of hydrogen-bond acceptors (Lipinski definition) is 3. The van der Waals surface area contributed by atoms with Crippen molar-refractivity contribution in [3.05, 3.63) is 35.9 Å². The lowest BCUT2D eigenvalue weighted by molar-refractivity contribution is -0.123. The standard InChI is InChI=1S/C21H31N3O2/c25-20(23-19-9-5-2-6-10-19)16-24-13-11-17(12-14-24)15-22-21(26)18-7-3-1-4-8-18/h1,3-4,7-8,17,19H,2,5-6,9-16H2,(H,22,26)(H,23,25). The van der Waals surface area contributed by atoms with Gasteiger partial charge in [-0.3, -0.25) is 14.5 Å². The number of rotatable bonds is 6. The summed E-state index contributed by atoms with van der Waals surface area (Å²) in [6.45, 7) is 3.10. The van der Waals surface area contributed by atoms with Gasteiger partial charge in [-0.15, -0.1) is 0 Å². The normalized spacial score (nSPS) is 19.8. The molecule has 1 aliphatic heterocycles. The maximum absolute atomic E-state index is 12.2. The van der Waals surface area contributed by atoms with Gasteiger partial charge in [-0.1, -0.05) is 37.5 Å². The van der Waals surface area contributed by atoms with Gasteiger partial charge in [0, 0.05) is 18.2 Å². The van der Waals surface area contributed by atoms with E-state index in [-0.39, 0.29) is 11.8 Å². The number of hydrogen-bond donors (Lipinski definition) is 2. The molecule has 0 bridgehead atoms. The first-order valence-electron chi connectivity index (χ1n) is 10.1. The molecule has 26 heavy (non-hydrogen) atoms. The van der Waals surface area contributed by atoms with Crippen molar-refractivity contribution in [2.24, 2.45) is 5.92 Å². The molecule has 1 saturated carbocycles. The van der Waals surface area contributed by atoms with Gasteiger partial charge in [0.05, 0.1) is 6.54 Å². The molecular formula is C21H31N3O2. The molecule has 1 aromatic carbocycles. The lowest BCUT2D eigenvalue weighted by atomic mass is 9.95. The van der Waals surface area contributed by atoms with E-state index in [0.717, 1.165) is 45.3 Å². The topological polar surface area (TPSA) is 61.4 Å². The van der Waals surface area contributed by atoms with Crippen LogP contribution in [0.15, 0.2) is 30.3 Å². The van der Waals surface area contributed by atoms with E-state index in [1.54, 1.807) is 0 Å². The fraction of sp³-hybridized carbons (Fsp3) is 0.619. The molecule has 1 aromatic rings. The lowest BCUT2D eigenvalue weighted by Crippen LogP contribution is -2.46. The second kappa shape index (κ2) is 9.72. The number of piperidine rings is 1. The van der Waals surface area contributed by atoms with Gasteiger partial charge in [0.15, 0.2) is 0 Å². The molecule has 5 nitrogen and oxygen atoms in total. The van der Waals surface area contributed by atoms with Crippen LogP contribution in [-0.2, 0) is 4.79 Å². The van der Waals surface area contributed by atoms with E-state index in [9.17, 15) is 9.59 Å². The van der Waals surface area contributed by atoms with Gasteiger partial charge in [0.25, 0.3) is 5.91 Å². The van der Waals surface area contributed by atoms with Crippen LogP contribution in [0.5, 0.6) is 0 Å². The monoisotopic (exact) mass is 357 g/mol. The smallest absolute Gasteiger partial charge is 0.251 e. The maximum Gasteiger partial charge on any atom is 0.251 e. The quantitative estimate of drug-likeness (QED) is 0.823. The molecule has 142 valence electrons. The fourth-order valence-electron chi connectivity index (χ4n) is 4.00. The summed E-state index contributed by atoms with van der Waals surface area (Å²) < 4.78 is 0. The van der Waals surface area contributed by atoms with Crippen LogP contribution in [0.1, 0.15) is 55.3 Å². The number of likely N-dealkylation sites (tertiary alicyclic amines) is 1. The number of nitrogens with one attached hydrogen (secondary N) is 2. The summed E-state index contributed by atoms with van der Waals surface area (Å²) in [7, 11) is 0. The van der Waals surface area contributed by atoms with E-state index in [4.69, 9.17) is 0 Å². The Hall–Kier alpha value is -1.88. The average Bonchev–Trinajstić information content (AvgIpc) is 2.68. The van der Waals surface area contributed by atoms with Crippen LogP contribution in [-0.4, -0.2) is 48.9 Å². The first-order chi connectivity index (χ1) is 12.7. The van der Waals surface area contributed by atoms with Crippen LogP contribution < -0.4 is 10.6 Å². The minimum absolute atomic E-state index is 0.000102. The summed E-state index contributed by atoms with van der Waals surface area (Å²) in [5.74, 6) is 0.674. The molecule has 5 heteroatoms. The Morgan fingerprint density at radius 2 is 1.65 bits per heavy atom. The molecule has 1 aliphatic carbocycles. The zero-order valence-electron chi connectivity index (χ0n) is 15.6. The molecule has 2 fully saturated rings. The zero-order valence-corrected chi connectivity index (χ0v) is 15.6. The molecule has 1 saturated heterocycles. The zero-order chi connectivity index (χ0) is 18.2. The summed E-state index contributed by atoms with van der Waals surface area (Å²) >= 11 is 0. The summed E-state index contributed by atoms with van der Waals surface area (Å²) in [6.07, 6.45) is 8.12. The van der Waals surface area contributed by atoms with Gasteiger partial charge in [0.2, 0.25) is 5.91 Å². The highest BCUT2D eigenvalue weighted by atomic mass is 16.2. The summed E-state index contributed by atoms with van der Waals surface area (Å²) in [6, 6.07) is 9.74. The van der Waals surface area contributed by atoms with Crippen LogP contribution in [0, 0.1) is 5.92 Å². The first kappa shape index (κ1) is 18.9. The van der Waals surface area contributed by atoms with E-state index in [1.165, 1.54) is 19.3 Å². The Morgan fingerprint density at radius 1 is 0.962 bits per heavy atom. The third-order valence-corrected chi connectivity index (χ3v) is 5.63. The largest absolute Gasteiger partial charge is 0.352 e. The number of nitrogens with zero attached hydrogens (tertiary/aromatic N) is 1. The lowest BCUT2D eigenvalue weighted by Gasteiger charge is -2.32. The van der Waals surface area contributed by atoms with Gasteiger partial charge < -0.3 is 10.6 Å². The Morgan fingerprint density at radius 3 is 2.35 bits per heavy atom. The van der Waals surface area contributed by atoms with Crippen molar-refractivity contribution >= 4 is 11.8 Å². The van der Waals surface area contributed by atoms with E-state index in [0.29, 0.717) is 24.1 Å². The molecule has 3 rings (SSSR count). The highest BCUT2D eigenvalue weighted by molar-refractivity contribution is 5.94. The van der Waals surface area contributed by atoms with Crippen LogP contribution in [0.4, 0.5) is 0 Å². The van der Waals surface area contributed by atoms with Crippen molar-refractivity contribution in [3.8, 4) is 0 Å². The predicted octanol–water partition coefficient (Wildman–Crippen LogP) is 2.58. The Balaban J connectivity index is 1.32. The average molecular weight is 357 g/mol. The van der Waals surface area contributed by atoms with Crippen LogP contribution in [0.25, 0.3) is 0 Å². The van der Waals surface area contributed by atoms with Crippen molar-refractivity contribution < 1.29 is 9.59 Å². The first-order valence-corrected chi connectivity index (χ1v) is 10.1. The van der Waals surface area contributed by atoms with Gasteiger partial charge >= 0.3 is 0 Å². The summed E-state index contributed by atoms with van der Waals surface area (Å²) in [5.41, 5.74) is 0.712. The third-order valence-electron chi connectivity index (χ3n) is 5.63. The molecule has 0 atom stereocenters. The van der Waals surface area contributed by atoms with Crippen molar-refractivity contribution in [1.82, 2.24) is 15.5 Å². The van der Waals surface area contributed by atoms with Gasteiger partial charge in [0.1, 0.15) is 0 Å². The number of carbonyl (C=O) groups excluding carboxylic acids is 2. The van der Waals surface area contributed by atoms with Crippen LogP contribution >= 0.6 is 0 Å². The molecule has 0 aromatic heterocycles.